The number of ketones is 1. The van der Waals surface area contributed by atoms with Gasteiger partial charge in [0.1, 0.15) is 5.82 Å². The number of carboxylic acid groups (broad SMARTS) is 1. The van der Waals surface area contributed by atoms with Crippen molar-refractivity contribution < 1.29 is 24.2 Å². The zero-order chi connectivity index (χ0) is 28.5. The van der Waals surface area contributed by atoms with Gasteiger partial charge in [0.15, 0.2) is 17.3 Å². The van der Waals surface area contributed by atoms with E-state index in [0.29, 0.717) is 56.5 Å². The number of fused-ring (bicyclic) bond motifs is 2. The van der Waals surface area contributed by atoms with E-state index in [1.165, 1.54) is 6.07 Å². The van der Waals surface area contributed by atoms with Crippen molar-refractivity contribution in [1.82, 2.24) is 9.97 Å². The summed E-state index contributed by atoms with van der Waals surface area (Å²) in [5.41, 5.74) is 4.62. The quantitative estimate of drug-likeness (QED) is 0.175. The highest BCUT2D eigenvalue weighted by Crippen LogP contribution is 2.39. The van der Waals surface area contributed by atoms with Crippen LogP contribution in [0.15, 0.2) is 78.9 Å². The number of carbonyl (C=O) groups is 2. The van der Waals surface area contributed by atoms with Crippen molar-refractivity contribution in [3.05, 3.63) is 101 Å². The minimum Gasteiger partial charge on any atom is -0.478 e. The number of aromatic carboxylic acids is 1. The Morgan fingerprint density at radius 1 is 0.951 bits per heavy atom. The molecule has 0 radical (unpaired) electrons. The van der Waals surface area contributed by atoms with Crippen LogP contribution in [0.25, 0.3) is 33.5 Å². The van der Waals surface area contributed by atoms with E-state index >= 15 is 0 Å². The van der Waals surface area contributed by atoms with E-state index in [0.717, 1.165) is 23.9 Å². The van der Waals surface area contributed by atoms with Crippen LogP contribution >= 0.6 is 11.6 Å². The molecule has 0 aliphatic carbocycles. The van der Waals surface area contributed by atoms with E-state index in [1.807, 2.05) is 36.4 Å². The number of carbonyl (C=O) groups excluding carboxylic acids is 1. The number of carboxylic acids is 1. The molecule has 5 aromatic rings. The molecule has 41 heavy (non-hydrogen) atoms. The molecule has 0 unspecified atom stereocenters. The van der Waals surface area contributed by atoms with Crippen molar-refractivity contribution in [2.75, 3.05) is 6.79 Å². The summed E-state index contributed by atoms with van der Waals surface area (Å²) in [6, 6.07) is 23.7. The Labute approximate surface area is 241 Å². The third-order valence-corrected chi connectivity index (χ3v) is 7.65. The number of hydrogen-bond acceptors (Lipinski definition) is 5. The zero-order valence-corrected chi connectivity index (χ0v) is 23.1. The second kappa shape index (κ2) is 11.1. The third kappa shape index (κ3) is 5.28. The first-order valence-corrected chi connectivity index (χ1v) is 13.8. The molecule has 0 saturated carbocycles. The van der Waals surface area contributed by atoms with Crippen molar-refractivity contribution in [1.29, 1.82) is 0 Å². The summed E-state index contributed by atoms with van der Waals surface area (Å²) in [4.78, 5) is 34.0. The molecule has 4 aromatic carbocycles. The van der Waals surface area contributed by atoms with Gasteiger partial charge in [-0.25, -0.2) is 9.78 Å². The minimum atomic E-state index is -1.14. The van der Waals surface area contributed by atoms with Crippen molar-refractivity contribution in [3.63, 3.8) is 0 Å². The second-order valence-corrected chi connectivity index (χ2v) is 10.5. The average Bonchev–Trinajstić information content (AvgIpc) is 3.61. The number of Topliss-reactive ketones (excluding diaryl/α,β-unsaturated/α-hetero) is 1. The largest absolute Gasteiger partial charge is 0.478 e. The Balaban J connectivity index is 1.38. The molecule has 8 heteroatoms. The predicted octanol–water partition coefficient (Wildman–Crippen LogP) is 8.13. The van der Waals surface area contributed by atoms with Crippen LogP contribution in [-0.4, -0.2) is 33.6 Å². The van der Waals surface area contributed by atoms with Crippen molar-refractivity contribution in [2.45, 2.75) is 32.1 Å². The summed E-state index contributed by atoms with van der Waals surface area (Å²) in [5, 5.41) is 10.7. The maximum atomic E-state index is 13.4. The fourth-order valence-electron chi connectivity index (χ4n) is 5.40. The molecule has 0 bridgehead atoms. The summed E-state index contributed by atoms with van der Waals surface area (Å²) in [6.45, 7) is 2.26. The van der Waals surface area contributed by atoms with Gasteiger partial charge in [-0.3, -0.25) is 4.79 Å². The maximum Gasteiger partial charge on any atom is 0.336 e. The van der Waals surface area contributed by atoms with Crippen LogP contribution in [0.5, 0.6) is 11.5 Å². The topological polar surface area (TPSA) is 102 Å². The maximum absolute atomic E-state index is 13.4. The lowest BCUT2D eigenvalue weighted by atomic mass is 9.87. The molecule has 7 nitrogen and oxygen atoms in total. The molecule has 0 saturated heterocycles. The summed E-state index contributed by atoms with van der Waals surface area (Å²) in [5.74, 6) is 0.620. The number of imidazole rings is 1. The smallest absolute Gasteiger partial charge is 0.336 e. The summed E-state index contributed by atoms with van der Waals surface area (Å²) in [7, 11) is 0. The normalized spacial score (nSPS) is 12.9. The van der Waals surface area contributed by atoms with Crippen LogP contribution in [0.1, 0.15) is 58.4 Å². The number of halogens is 1. The SMILES string of the molecule is CCC[C@@H](CC(=O)c1ccc(-c2cc(Cl)ccc2-c2nc3cc4c(cc3[nH]2)OCO4)c(C(=O)O)c1)c1ccccc1. The Hall–Kier alpha value is -4.62. The van der Waals surface area contributed by atoms with Crippen LogP contribution in [0.3, 0.4) is 0 Å². The van der Waals surface area contributed by atoms with Gasteiger partial charge in [-0.1, -0.05) is 67.4 Å². The van der Waals surface area contributed by atoms with E-state index in [2.05, 4.69) is 11.9 Å². The molecule has 206 valence electrons. The van der Waals surface area contributed by atoms with Gasteiger partial charge in [-0.15, -0.1) is 0 Å². The lowest BCUT2D eigenvalue weighted by molar-refractivity contribution is 0.0697. The molecule has 1 aliphatic rings. The van der Waals surface area contributed by atoms with Crippen LogP contribution in [0.2, 0.25) is 5.02 Å². The standard InChI is InChI=1S/C33H27ClN2O5/c1-2-6-20(19-7-4-3-5-8-19)14-29(37)21-9-11-23(26(13-21)33(38)39)25-15-22(34)10-12-24(25)32-35-27-16-30-31(41-18-40-30)17-28(27)36-32/h3-5,7-13,15-17,20H,2,6,14,18H2,1H3,(H,35,36)(H,38,39)/t20-/m0/s1. The molecule has 1 aromatic heterocycles. The van der Waals surface area contributed by atoms with E-state index in [9.17, 15) is 14.7 Å². The first kappa shape index (κ1) is 26.6. The van der Waals surface area contributed by atoms with Gasteiger partial charge in [0.05, 0.1) is 16.6 Å². The number of nitrogens with one attached hydrogen (secondary N) is 1. The highest BCUT2D eigenvalue weighted by atomic mass is 35.5. The molecular weight excluding hydrogens is 540 g/mol. The van der Waals surface area contributed by atoms with E-state index in [-0.39, 0.29) is 24.1 Å². The van der Waals surface area contributed by atoms with Gasteiger partial charge in [0.25, 0.3) is 0 Å². The van der Waals surface area contributed by atoms with E-state index in [1.54, 1.807) is 36.4 Å². The number of hydrogen-bond donors (Lipinski definition) is 2. The molecule has 6 rings (SSSR count). The highest BCUT2D eigenvalue weighted by molar-refractivity contribution is 6.31. The number of aromatic nitrogens is 2. The number of ether oxygens (including phenoxy) is 2. The van der Waals surface area contributed by atoms with Crippen molar-refractivity contribution >= 4 is 34.4 Å². The Bertz CT molecular complexity index is 1740. The van der Waals surface area contributed by atoms with Gasteiger partial charge in [0.2, 0.25) is 6.79 Å². The molecule has 0 spiro atoms. The molecule has 0 fully saturated rings. The average molecular weight is 567 g/mol. The first-order chi connectivity index (χ1) is 19.9. The lowest BCUT2D eigenvalue weighted by Crippen LogP contribution is -2.10. The fourth-order valence-corrected chi connectivity index (χ4v) is 5.58. The fraction of sp³-hybridized carbons (Fsp3) is 0.182. The monoisotopic (exact) mass is 566 g/mol. The number of rotatable bonds is 9. The van der Waals surface area contributed by atoms with E-state index in [4.69, 9.17) is 26.1 Å². The number of aromatic amines is 1. The number of benzene rings is 4. The van der Waals surface area contributed by atoms with Gasteiger partial charge in [0, 0.05) is 34.7 Å². The number of H-pyrrole nitrogens is 1. The predicted molar refractivity (Wildman–Crippen MR) is 158 cm³/mol. The Kier molecular flexibility index (Phi) is 7.20. The highest BCUT2D eigenvalue weighted by Gasteiger charge is 2.23. The molecule has 2 heterocycles. The van der Waals surface area contributed by atoms with Crippen LogP contribution in [-0.2, 0) is 0 Å². The third-order valence-electron chi connectivity index (χ3n) is 7.41. The van der Waals surface area contributed by atoms with Gasteiger partial charge < -0.3 is 19.6 Å². The van der Waals surface area contributed by atoms with Crippen molar-refractivity contribution in [3.8, 4) is 34.0 Å². The van der Waals surface area contributed by atoms with E-state index < -0.39 is 5.97 Å². The molecule has 1 aliphatic heterocycles. The first-order valence-electron chi connectivity index (χ1n) is 13.5. The van der Waals surface area contributed by atoms with Crippen LogP contribution in [0.4, 0.5) is 0 Å². The Morgan fingerprint density at radius 3 is 2.46 bits per heavy atom. The minimum absolute atomic E-state index is 0.0167. The van der Waals surface area contributed by atoms with Gasteiger partial charge in [-0.05, 0) is 53.3 Å². The summed E-state index contributed by atoms with van der Waals surface area (Å²) in [6.07, 6.45) is 2.10. The van der Waals surface area contributed by atoms with Crippen molar-refractivity contribution in [2.24, 2.45) is 0 Å². The van der Waals surface area contributed by atoms with Crippen LogP contribution < -0.4 is 9.47 Å². The molecule has 0 amide bonds. The molecular formula is C33H27ClN2O5. The number of nitrogens with zero attached hydrogens (tertiary/aromatic N) is 1. The van der Waals surface area contributed by atoms with Gasteiger partial charge in [-0.2, -0.15) is 0 Å². The summed E-state index contributed by atoms with van der Waals surface area (Å²) < 4.78 is 11.0. The zero-order valence-electron chi connectivity index (χ0n) is 22.3. The molecule has 2 N–H and O–H groups in total. The summed E-state index contributed by atoms with van der Waals surface area (Å²) >= 11 is 6.39. The van der Waals surface area contributed by atoms with Gasteiger partial charge >= 0.3 is 5.97 Å². The Morgan fingerprint density at radius 2 is 1.71 bits per heavy atom. The lowest BCUT2D eigenvalue weighted by Gasteiger charge is -2.17. The second-order valence-electron chi connectivity index (χ2n) is 10.1. The molecule has 1 atom stereocenters. The van der Waals surface area contributed by atoms with Crippen LogP contribution in [0, 0.1) is 0 Å².